The monoisotopic (exact) mass is 280 g/mol. The number of nitrogens with one attached hydrogen (secondary N) is 2. The average molecular weight is 280 g/mol. The third kappa shape index (κ3) is 2.32. The van der Waals surface area contributed by atoms with Gasteiger partial charge in [0.1, 0.15) is 0 Å². The second kappa shape index (κ2) is 5.35. The number of amides is 1. The van der Waals surface area contributed by atoms with E-state index in [1.165, 1.54) is 12.8 Å². The van der Waals surface area contributed by atoms with Crippen molar-refractivity contribution in [2.75, 3.05) is 13.1 Å². The summed E-state index contributed by atoms with van der Waals surface area (Å²) in [5.74, 6) is 0.352. The minimum absolute atomic E-state index is 0.00641. The van der Waals surface area contributed by atoms with Crippen molar-refractivity contribution in [3.8, 4) is 0 Å². The first kappa shape index (κ1) is 13.9. The zero-order valence-corrected chi connectivity index (χ0v) is 11.9. The molecule has 0 aromatic heterocycles. The highest BCUT2D eigenvalue weighted by Gasteiger charge is 2.45. The van der Waals surface area contributed by atoms with Crippen molar-refractivity contribution < 1.29 is 14.7 Å². The van der Waals surface area contributed by atoms with Gasteiger partial charge in [0.15, 0.2) is 0 Å². The molecule has 0 radical (unpaired) electrons. The summed E-state index contributed by atoms with van der Waals surface area (Å²) in [7, 11) is 0. The largest absolute Gasteiger partial charge is 0.481 e. The van der Waals surface area contributed by atoms with Gasteiger partial charge in [-0.2, -0.15) is 0 Å². The Morgan fingerprint density at radius 3 is 2.65 bits per heavy atom. The van der Waals surface area contributed by atoms with Gasteiger partial charge in [-0.15, -0.1) is 0 Å². The van der Waals surface area contributed by atoms with Gasteiger partial charge >= 0.3 is 5.97 Å². The first-order valence-electron chi connectivity index (χ1n) is 7.87. The topological polar surface area (TPSA) is 78.4 Å². The van der Waals surface area contributed by atoms with Crippen molar-refractivity contribution in [3.05, 3.63) is 0 Å². The molecule has 5 heteroatoms. The fraction of sp³-hybridized carbons (Fsp3) is 0.867. The van der Waals surface area contributed by atoms with Crippen LogP contribution in [0.25, 0.3) is 0 Å². The van der Waals surface area contributed by atoms with Crippen molar-refractivity contribution in [2.24, 2.45) is 17.3 Å². The van der Waals surface area contributed by atoms with Crippen LogP contribution in [0.5, 0.6) is 0 Å². The fourth-order valence-electron chi connectivity index (χ4n) is 4.36. The van der Waals surface area contributed by atoms with Crippen LogP contribution in [-0.2, 0) is 9.59 Å². The van der Waals surface area contributed by atoms with Gasteiger partial charge in [-0.05, 0) is 44.1 Å². The second-order valence-electron chi connectivity index (χ2n) is 6.75. The third-order valence-corrected chi connectivity index (χ3v) is 5.64. The van der Waals surface area contributed by atoms with Gasteiger partial charge in [-0.1, -0.05) is 19.3 Å². The van der Waals surface area contributed by atoms with Crippen LogP contribution in [0, 0.1) is 17.3 Å². The quantitative estimate of drug-likeness (QED) is 0.721. The Bertz CT molecular complexity index is 404. The van der Waals surface area contributed by atoms with Gasteiger partial charge in [0.2, 0.25) is 5.91 Å². The number of carboxylic acids is 1. The molecule has 3 atom stereocenters. The SMILES string of the molecule is O=C(NCC1(C(=O)O)CCCC1)C1NCC2CCCC21. The first-order valence-corrected chi connectivity index (χ1v) is 7.87. The van der Waals surface area contributed by atoms with E-state index < -0.39 is 11.4 Å². The lowest BCUT2D eigenvalue weighted by atomic mass is 9.86. The summed E-state index contributed by atoms with van der Waals surface area (Å²) < 4.78 is 0. The van der Waals surface area contributed by atoms with Crippen LogP contribution < -0.4 is 10.6 Å². The summed E-state index contributed by atoms with van der Waals surface area (Å²) >= 11 is 0. The molecule has 1 amide bonds. The van der Waals surface area contributed by atoms with E-state index in [1.807, 2.05) is 0 Å². The molecule has 0 aromatic rings. The number of fused-ring (bicyclic) bond motifs is 1. The van der Waals surface area contributed by atoms with Crippen molar-refractivity contribution in [1.82, 2.24) is 10.6 Å². The van der Waals surface area contributed by atoms with Crippen LogP contribution in [0.1, 0.15) is 44.9 Å². The Balaban J connectivity index is 1.58. The van der Waals surface area contributed by atoms with E-state index in [1.54, 1.807) is 0 Å². The third-order valence-electron chi connectivity index (χ3n) is 5.64. The number of aliphatic carboxylic acids is 1. The van der Waals surface area contributed by atoms with Crippen LogP contribution >= 0.6 is 0 Å². The van der Waals surface area contributed by atoms with Gasteiger partial charge < -0.3 is 15.7 Å². The maximum atomic E-state index is 12.3. The van der Waals surface area contributed by atoms with Crippen LogP contribution in [0.3, 0.4) is 0 Å². The van der Waals surface area contributed by atoms with Gasteiger partial charge in [-0.3, -0.25) is 9.59 Å². The molecular formula is C15H24N2O3. The molecule has 1 heterocycles. The molecule has 1 saturated heterocycles. The predicted molar refractivity (Wildman–Crippen MR) is 74.2 cm³/mol. The van der Waals surface area contributed by atoms with E-state index in [4.69, 9.17) is 0 Å². The average Bonchev–Trinajstić information content (AvgIpc) is 3.12. The van der Waals surface area contributed by atoms with Gasteiger partial charge in [0.05, 0.1) is 11.5 Å². The zero-order chi connectivity index (χ0) is 14.2. The molecule has 2 saturated carbocycles. The summed E-state index contributed by atoms with van der Waals surface area (Å²) in [5.41, 5.74) is -0.719. The Hall–Kier alpha value is -1.10. The standard InChI is InChI=1S/C15H24N2O3/c18-13(12-11-5-3-4-10(11)8-16-12)17-9-15(14(19)20)6-1-2-7-15/h10-12,16H,1-9H2,(H,17,18)(H,19,20). The second-order valence-corrected chi connectivity index (χ2v) is 6.75. The zero-order valence-electron chi connectivity index (χ0n) is 11.9. The van der Waals surface area contributed by atoms with E-state index in [2.05, 4.69) is 10.6 Å². The van der Waals surface area contributed by atoms with Crippen molar-refractivity contribution in [1.29, 1.82) is 0 Å². The number of hydrogen-bond acceptors (Lipinski definition) is 3. The molecule has 3 unspecified atom stereocenters. The number of carbonyl (C=O) groups is 2. The van der Waals surface area contributed by atoms with E-state index in [-0.39, 0.29) is 18.5 Å². The number of rotatable bonds is 4. The lowest BCUT2D eigenvalue weighted by Crippen LogP contribution is -2.48. The van der Waals surface area contributed by atoms with Crippen LogP contribution in [0.2, 0.25) is 0 Å². The smallest absolute Gasteiger partial charge is 0.311 e. The highest BCUT2D eigenvalue weighted by atomic mass is 16.4. The first-order chi connectivity index (χ1) is 9.62. The molecule has 0 aromatic carbocycles. The highest BCUT2D eigenvalue weighted by Crippen LogP contribution is 2.39. The highest BCUT2D eigenvalue weighted by molar-refractivity contribution is 5.84. The fourth-order valence-corrected chi connectivity index (χ4v) is 4.36. The van der Waals surface area contributed by atoms with E-state index >= 15 is 0 Å². The lowest BCUT2D eigenvalue weighted by Gasteiger charge is -2.26. The van der Waals surface area contributed by atoms with E-state index in [9.17, 15) is 14.7 Å². The molecule has 3 rings (SSSR count). The van der Waals surface area contributed by atoms with E-state index in [0.29, 0.717) is 24.7 Å². The number of carbonyl (C=O) groups excluding carboxylic acids is 1. The summed E-state index contributed by atoms with van der Waals surface area (Å²) in [6.45, 7) is 1.23. The Morgan fingerprint density at radius 1 is 1.20 bits per heavy atom. The van der Waals surface area contributed by atoms with E-state index in [0.717, 1.165) is 25.8 Å². The summed E-state index contributed by atoms with van der Waals surface area (Å²) in [4.78, 5) is 23.8. The Morgan fingerprint density at radius 2 is 1.95 bits per heavy atom. The minimum atomic E-state index is -0.756. The summed E-state index contributed by atoms with van der Waals surface area (Å²) in [6, 6.07) is -0.102. The maximum Gasteiger partial charge on any atom is 0.311 e. The Kier molecular flexibility index (Phi) is 3.71. The van der Waals surface area contributed by atoms with Crippen molar-refractivity contribution >= 4 is 11.9 Å². The normalized spacial score (nSPS) is 34.9. The molecule has 112 valence electrons. The Labute approximate surface area is 119 Å². The molecule has 3 aliphatic rings. The molecule has 20 heavy (non-hydrogen) atoms. The van der Waals surface area contributed by atoms with Crippen LogP contribution in [0.4, 0.5) is 0 Å². The minimum Gasteiger partial charge on any atom is -0.481 e. The molecular weight excluding hydrogens is 256 g/mol. The molecule has 3 fully saturated rings. The molecule has 5 nitrogen and oxygen atoms in total. The molecule has 0 bridgehead atoms. The lowest BCUT2D eigenvalue weighted by molar-refractivity contribution is -0.148. The molecule has 0 spiro atoms. The van der Waals surface area contributed by atoms with Gasteiger partial charge in [-0.25, -0.2) is 0 Å². The van der Waals surface area contributed by atoms with Crippen molar-refractivity contribution in [3.63, 3.8) is 0 Å². The summed E-state index contributed by atoms with van der Waals surface area (Å²) in [6.07, 6.45) is 6.85. The van der Waals surface area contributed by atoms with Gasteiger partial charge in [0, 0.05) is 6.54 Å². The summed E-state index contributed by atoms with van der Waals surface area (Å²) in [5, 5.41) is 15.7. The predicted octanol–water partition coefficient (Wildman–Crippen LogP) is 1.14. The molecule has 1 aliphatic heterocycles. The molecule has 3 N–H and O–H groups in total. The van der Waals surface area contributed by atoms with Gasteiger partial charge in [0.25, 0.3) is 0 Å². The van der Waals surface area contributed by atoms with Crippen molar-refractivity contribution in [2.45, 2.75) is 51.0 Å². The maximum absolute atomic E-state index is 12.3. The number of carboxylic acid groups (broad SMARTS) is 1. The van der Waals surface area contributed by atoms with Crippen LogP contribution in [-0.4, -0.2) is 36.1 Å². The number of hydrogen-bond donors (Lipinski definition) is 3. The van der Waals surface area contributed by atoms with Crippen LogP contribution in [0.15, 0.2) is 0 Å². The molecule has 2 aliphatic carbocycles.